The molecule has 0 aliphatic carbocycles. The minimum atomic E-state index is 0.0167. The SMILES string of the molecule is NCC=Cc1cccc2c1CNC2=O. The summed E-state index contributed by atoms with van der Waals surface area (Å²) in [7, 11) is 0. The van der Waals surface area contributed by atoms with Crippen molar-refractivity contribution >= 4 is 12.0 Å². The third kappa shape index (κ3) is 1.42. The molecule has 1 amide bonds. The number of nitrogens with one attached hydrogen (secondary N) is 1. The fourth-order valence-electron chi connectivity index (χ4n) is 1.63. The summed E-state index contributed by atoms with van der Waals surface area (Å²) in [5, 5.41) is 2.80. The van der Waals surface area contributed by atoms with Crippen LogP contribution in [0.1, 0.15) is 21.5 Å². The van der Waals surface area contributed by atoms with Crippen LogP contribution in [0.15, 0.2) is 24.3 Å². The second-order valence-electron chi connectivity index (χ2n) is 3.19. The quantitative estimate of drug-likeness (QED) is 0.724. The van der Waals surface area contributed by atoms with E-state index in [4.69, 9.17) is 5.73 Å². The number of amides is 1. The summed E-state index contributed by atoms with van der Waals surface area (Å²) in [4.78, 5) is 11.3. The van der Waals surface area contributed by atoms with Gasteiger partial charge in [-0.15, -0.1) is 0 Å². The molecule has 2 rings (SSSR count). The zero-order valence-electron chi connectivity index (χ0n) is 7.79. The lowest BCUT2D eigenvalue weighted by molar-refractivity contribution is 0.0966. The summed E-state index contributed by atoms with van der Waals surface area (Å²) in [5.41, 5.74) is 8.31. The highest BCUT2D eigenvalue weighted by Gasteiger charge is 2.19. The van der Waals surface area contributed by atoms with Crippen molar-refractivity contribution in [3.63, 3.8) is 0 Å². The highest BCUT2D eigenvalue weighted by molar-refractivity contribution is 5.99. The van der Waals surface area contributed by atoms with Gasteiger partial charge in [0.25, 0.3) is 5.91 Å². The normalized spacial score (nSPS) is 14.5. The molecule has 14 heavy (non-hydrogen) atoms. The molecule has 3 heteroatoms. The molecule has 0 spiro atoms. The van der Waals surface area contributed by atoms with Crippen LogP contribution in [0.4, 0.5) is 0 Å². The van der Waals surface area contributed by atoms with E-state index < -0.39 is 0 Å². The second kappa shape index (κ2) is 3.64. The van der Waals surface area contributed by atoms with Crippen LogP contribution >= 0.6 is 0 Å². The minimum Gasteiger partial charge on any atom is -0.348 e. The lowest BCUT2D eigenvalue weighted by Crippen LogP contribution is -2.12. The highest BCUT2D eigenvalue weighted by atomic mass is 16.1. The van der Waals surface area contributed by atoms with E-state index in [0.29, 0.717) is 13.1 Å². The van der Waals surface area contributed by atoms with E-state index in [1.807, 2.05) is 30.4 Å². The van der Waals surface area contributed by atoms with E-state index in [9.17, 15) is 4.79 Å². The molecule has 3 N–H and O–H groups in total. The number of hydrogen-bond acceptors (Lipinski definition) is 2. The Morgan fingerprint density at radius 2 is 2.36 bits per heavy atom. The Morgan fingerprint density at radius 3 is 3.14 bits per heavy atom. The summed E-state index contributed by atoms with van der Waals surface area (Å²) in [5.74, 6) is 0.0167. The van der Waals surface area contributed by atoms with Crippen molar-refractivity contribution in [3.8, 4) is 0 Å². The molecule has 1 aliphatic heterocycles. The molecule has 0 radical (unpaired) electrons. The lowest BCUT2D eigenvalue weighted by Gasteiger charge is -2.00. The van der Waals surface area contributed by atoms with Crippen LogP contribution in [-0.4, -0.2) is 12.5 Å². The zero-order valence-corrected chi connectivity index (χ0v) is 7.79. The molecular weight excluding hydrogens is 176 g/mol. The van der Waals surface area contributed by atoms with Crippen LogP contribution < -0.4 is 11.1 Å². The number of carbonyl (C=O) groups is 1. The number of rotatable bonds is 2. The van der Waals surface area contributed by atoms with Gasteiger partial charge in [-0.3, -0.25) is 4.79 Å². The average molecular weight is 188 g/mol. The number of fused-ring (bicyclic) bond motifs is 1. The van der Waals surface area contributed by atoms with Crippen molar-refractivity contribution in [3.05, 3.63) is 41.0 Å². The number of benzene rings is 1. The van der Waals surface area contributed by atoms with Crippen molar-refractivity contribution in [2.75, 3.05) is 6.54 Å². The molecule has 0 bridgehead atoms. The van der Waals surface area contributed by atoms with Crippen molar-refractivity contribution in [2.24, 2.45) is 5.73 Å². The molecule has 0 fully saturated rings. The van der Waals surface area contributed by atoms with Crippen molar-refractivity contribution < 1.29 is 4.79 Å². The van der Waals surface area contributed by atoms with E-state index in [-0.39, 0.29) is 5.91 Å². The predicted molar refractivity (Wildman–Crippen MR) is 55.7 cm³/mol. The number of hydrogen-bond donors (Lipinski definition) is 2. The smallest absolute Gasteiger partial charge is 0.251 e. The largest absolute Gasteiger partial charge is 0.348 e. The first-order chi connectivity index (χ1) is 6.83. The fraction of sp³-hybridized carbons (Fsp3) is 0.182. The topological polar surface area (TPSA) is 55.1 Å². The van der Waals surface area contributed by atoms with E-state index >= 15 is 0 Å². The van der Waals surface area contributed by atoms with Crippen LogP contribution in [0.3, 0.4) is 0 Å². The van der Waals surface area contributed by atoms with Crippen LogP contribution in [0, 0.1) is 0 Å². The summed E-state index contributed by atoms with van der Waals surface area (Å²) < 4.78 is 0. The first-order valence-corrected chi connectivity index (χ1v) is 4.59. The van der Waals surface area contributed by atoms with Crippen molar-refractivity contribution in [1.29, 1.82) is 0 Å². The Bertz CT molecular complexity index is 396. The van der Waals surface area contributed by atoms with E-state index in [0.717, 1.165) is 16.7 Å². The van der Waals surface area contributed by atoms with E-state index in [1.165, 1.54) is 0 Å². The molecule has 1 heterocycles. The first-order valence-electron chi connectivity index (χ1n) is 4.59. The van der Waals surface area contributed by atoms with Crippen molar-refractivity contribution in [2.45, 2.75) is 6.54 Å². The van der Waals surface area contributed by atoms with Gasteiger partial charge in [-0.25, -0.2) is 0 Å². The zero-order chi connectivity index (χ0) is 9.97. The van der Waals surface area contributed by atoms with Gasteiger partial charge >= 0.3 is 0 Å². The Hall–Kier alpha value is -1.61. The predicted octanol–water partition coefficient (Wildman–Crippen LogP) is 0.902. The third-order valence-electron chi connectivity index (χ3n) is 2.32. The maximum atomic E-state index is 11.3. The third-order valence-corrected chi connectivity index (χ3v) is 2.32. The molecule has 0 saturated heterocycles. The molecule has 0 atom stereocenters. The standard InChI is InChI=1S/C11H12N2O/c12-6-2-4-8-3-1-5-9-10(8)7-13-11(9)14/h1-5H,6-7,12H2,(H,13,14). The van der Waals surface area contributed by atoms with Gasteiger partial charge in [0, 0.05) is 18.7 Å². The summed E-state index contributed by atoms with van der Waals surface area (Å²) in [6, 6.07) is 5.72. The lowest BCUT2D eigenvalue weighted by atomic mass is 10.0. The van der Waals surface area contributed by atoms with Crippen LogP contribution in [0.25, 0.3) is 6.08 Å². The van der Waals surface area contributed by atoms with Gasteiger partial charge in [0.15, 0.2) is 0 Å². The van der Waals surface area contributed by atoms with Gasteiger partial charge in [-0.05, 0) is 17.2 Å². The second-order valence-corrected chi connectivity index (χ2v) is 3.19. The molecule has 3 nitrogen and oxygen atoms in total. The van der Waals surface area contributed by atoms with Gasteiger partial charge in [0.05, 0.1) is 0 Å². The molecule has 0 unspecified atom stereocenters. The van der Waals surface area contributed by atoms with Crippen LogP contribution in [-0.2, 0) is 6.54 Å². The monoisotopic (exact) mass is 188 g/mol. The molecule has 0 saturated carbocycles. The summed E-state index contributed by atoms with van der Waals surface area (Å²) in [6.07, 6.45) is 3.84. The van der Waals surface area contributed by atoms with Gasteiger partial charge in [0.1, 0.15) is 0 Å². The van der Waals surface area contributed by atoms with Crippen molar-refractivity contribution in [1.82, 2.24) is 5.32 Å². The van der Waals surface area contributed by atoms with E-state index in [2.05, 4.69) is 5.32 Å². The van der Waals surface area contributed by atoms with E-state index in [1.54, 1.807) is 0 Å². The molecule has 0 aromatic heterocycles. The molecule has 1 aromatic carbocycles. The highest BCUT2D eigenvalue weighted by Crippen LogP contribution is 2.20. The minimum absolute atomic E-state index is 0.0167. The molecule has 72 valence electrons. The number of carbonyl (C=O) groups excluding carboxylic acids is 1. The Kier molecular flexibility index (Phi) is 2.33. The average Bonchev–Trinajstić information content (AvgIpc) is 2.58. The maximum absolute atomic E-state index is 11.3. The fourth-order valence-corrected chi connectivity index (χ4v) is 1.63. The van der Waals surface area contributed by atoms with Gasteiger partial charge in [-0.2, -0.15) is 0 Å². The number of nitrogens with two attached hydrogens (primary N) is 1. The van der Waals surface area contributed by atoms with Crippen LogP contribution in [0.5, 0.6) is 0 Å². The summed E-state index contributed by atoms with van der Waals surface area (Å²) >= 11 is 0. The van der Waals surface area contributed by atoms with Gasteiger partial charge in [-0.1, -0.05) is 24.3 Å². The van der Waals surface area contributed by atoms with Gasteiger partial charge in [0.2, 0.25) is 0 Å². The first kappa shape index (κ1) is 8.97. The Balaban J connectivity index is 2.44. The molecule has 1 aromatic rings. The summed E-state index contributed by atoms with van der Waals surface area (Å²) in [6.45, 7) is 1.14. The Labute approximate surface area is 82.6 Å². The van der Waals surface area contributed by atoms with Gasteiger partial charge < -0.3 is 11.1 Å². The Morgan fingerprint density at radius 1 is 1.50 bits per heavy atom. The maximum Gasteiger partial charge on any atom is 0.251 e. The molecular formula is C11H12N2O. The van der Waals surface area contributed by atoms with Crippen LogP contribution in [0.2, 0.25) is 0 Å². The molecule has 1 aliphatic rings.